The topological polar surface area (TPSA) is 53.6 Å². The summed E-state index contributed by atoms with van der Waals surface area (Å²) in [6.07, 6.45) is 0.480. The summed E-state index contributed by atoms with van der Waals surface area (Å²) in [5, 5.41) is 6.88. The summed E-state index contributed by atoms with van der Waals surface area (Å²) in [6, 6.07) is 7.55. The van der Waals surface area contributed by atoms with Gasteiger partial charge in [0.1, 0.15) is 0 Å². The molecule has 1 aromatic carbocycles. The monoisotopic (exact) mass is 325 g/mol. The summed E-state index contributed by atoms with van der Waals surface area (Å²) in [5.41, 5.74) is 0.942. The molecule has 1 aliphatic rings. The molecule has 1 fully saturated rings. The molecule has 0 saturated carbocycles. The lowest BCUT2D eigenvalue weighted by molar-refractivity contribution is -0.121. The first-order valence-corrected chi connectivity index (χ1v) is 8.14. The van der Waals surface area contributed by atoms with Crippen molar-refractivity contribution in [3.05, 3.63) is 34.9 Å². The van der Waals surface area contributed by atoms with E-state index in [0.717, 1.165) is 45.0 Å². The highest BCUT2D eigenvalue weighted by molar-refractivity contribution is 6.31. The summed E-state index contributed by atoms with van der Waals surface area (Å²) in [4.78, 5) is 14.1. The molecule has 0 radical (unpaired) electrons. The predicted molar refractivity (Wildman–Crippen MR) is 88.0 cm³/mol. The quantitative estimate of drug-likeness (QED) is 0.707. The Morgan fingerprint density at radius 1 is 1.23 bits per heavy atom. The lowest BCUT2D eigenvalue weighted by atomic mass is 10.2. The van der Waals surface area contributed by atoms with Crippen molar-refractivity contribution in [1.82, 2.24) is 15.5 Å². The first kappa shape index (κ1) is 17.2. The molecule has 0 aliphatic carbocycles. The average Bonchev–Trinajstić information content (AvgIpc) is 2.55. The van der Waals surface area contributed by atoms with Crippen LogP contribution >= 0.6 is 11.6 Å². The van der Waals surface area contributed by atoms with E-state index in [1.807, 2.05) is 24.3 Å². The number of carbonyl (C=O) groups is 1. The minimum Gasteiger partial charge on any atom is -0.379 e. The number of morpholine rings is 1. The van der Waals surface area contributed by atoms with Crippen molar-refractivity contribution >= 4 is 17.5 Å². The molecule has 1 amide bonds. The predicted octanol–water partition coefficient (Wildman–Crippen LogP) is 1.27. The number of nitrogens with zero attached hydrogens (tertiary/aromatic N) is 1. The van der Waals surface area contributed by atoms with E-state index in [0.29, 0.717) is 24.5 Å². The minimum atomic E-state index is 0.0405. The van der Waals surface area contributed by atoms with Crippen LogP contribution in [0.1, 0.15) is 12.0 Å². The van der Waals surface area contributed by atoms with Crippen LogP contribution in [0.15, 0.2) is 24.3 Å². The Balaban J connectivity index is 1.51. The van der Waals surface area contributed by atoms with Crippen molar-refractivity contribution in [3.8, 4) is 0 Å². The molecular weight excluding hydrogens is 302 g/mol. The van der Waals surface area contributed by atoms with Gasteiger partial charge in [0.2, 0.25) is 5.91 Å². The number of amides is 1. The maximum Gasteiger partial charge on any atom is 0.221 e. The zero-order valence-corrected chi connectivity index (χ0v) is 13.6. The van der Waals surface area contributed by atoms with Gasteiger partial charge < -0.3 is 15.4 Å². The number of halogens is 1. The Morgan fingerprint density at radius 2 is 2.00 bits per heavy atom. The van der Waals surface area contributed by atoms with Crippen molar-refractivity contribution in [2.75, 3.05) is 45.9 Å². The van der Waals surface area contributed by atoms with Gasteiger partial charge in [-0.25, -0.2) is 0 Å². The fourth-order valence-electron chi connectivity index (χ4n) is 2.31. The van der Waals surface area contributed by atoms with E-state index in [9.17, 15) is 4.79 Å². The van der Waals surface area contributed by atoms with Crippen LogP contribution in [0.2, 0.25) is 5.02 Å². The van der Waals surface area contributed by atoms with Gasteiger partial charge in [0.15, 0.2) is 0 Å². The molecule has 6 heteroatoms. The fourth-order valence-corrected chi connectivity index (χ4v) is 2.52. The van der Waals surface area contributed by atoms with Crippen LogP contribution in [-0.2, 0) is 16.1 Å². The fraction of sp³-hybridized carbons (Fsp3) is 0.562. The van der Waals surface area contributed by atoms with E-state index >= 15 is 0 Å². The van der Waals surface area contributed by atoms with Gasteiger partial charge in [0.25, 0.3) is 0 Å². The summed E-state index contributed by atoms with van der Waals surface area (Å²) in [5.74, 6) is 0.0405. The smallest absolute Gasteiger partial charge is 0.221 e. The molecule has 1 saturated heterocycles. The average molecular weight is 326 g/mol. The van der Waals surface area contributed by atoms with Crippen LogP contribution in [0.5, 0.6) is 0 Å². The normalized spacial score (nSPS) is 15.7. The Labute approximate surface area is 137 Å². The van der Waals surface area contributed by atoms with Crippen LogP contribution in [0, 0.1) is 0 Å². The highest BCUT2D eigenvalue weighted by Gasteiger charge is 2.09. The molecule has 1 aliphatic heterocycles. The molecule has 0 spiro atoms. The standard InChI is InChI=1S/C16H24ClN3O2/c17-15-4-2-1-3-14(15)13-19-16(21)5-6-18-7-8-20-9-11-22-12-10-20/h1-4,18H,5-13H2,(H,19,21). The highest BCUT2D eigenvalue weighted by atomic mass is 35.5. The van der Waals surface area contributed by atoms with Gasteiger partial charge in [0, 0.05) is 50.7 Å². The Kier molecular flexibility index (Phi) is 7.66. The molecule has 2 N–H and O–H groups in total. The summed E-state index contributed by atoms with van der Waals surface area (Å²) >= 11 is 6.05. The van der Waals surface area contributed by atoms with Crippen molar-refractivity contribution in [2.24, 2.45) is 0 Å². The molecule has 1 aromatic rings. The first-order chi connectivity index (χ1) is 10.8. The highest BCUT2D eigenvalue weighted by Crippen LogP contribution is 2.14. The van der Waals surface area contributed by atoms with Gasteiger partial charge in [-0.15, -0.1) is 0 Å². The Hall–Kier alpha value is -1.14. The second kappa shape index (κ2) is 9.79. The Bertz CT molecular complexity index is 464. The molecule has 5 nitrogen and oxygen atoms in total. The maximum absolute atomic E-state index is 11.8. The van der Waals surface area contributed by atoms with E-state index in [1.54, 1.807) is 0 Å². The molecule has 0 atom stereocenters. The molecular formula is C16H24ClN3O2. The summed E-state index contributed by atoms with van der Waals surface area (Å²) in [6.45, 7) is 6.72. The van der Waals surface area contributed by atoms with Gasteiger partial charge in [-0.05, 0) is 11.6 Å². The lowest BCUT2D eigenvalue weighted by Gasteiger charge is -2.26. The SMILES string of the molecule is O=C(CCNCCN1CCOCC1)NCc1ccccc1Cl. The molecule has 122 valence electrons. The van der Waals surface area contributed by atoms with Crippen molar-refractivity contribution in [1.29, 1.82) is 0 Å². The number of benzene rings is 1. The third-order valence-corrected chi connectivity index (χ3v) is 4.04. The van der Waals surface area contributed by atoms with Crippen LogP contribution < -0.4 is 10.6 Å². The number of ether oxygens (including phenoxy) is 1. The van der Waals surface area contributed by atoms with E-state index in [1.165, 1.54) is 0 Å². The first-order valence-electron chi connectivity index (χ1n) is 7.76. The number of carbonyl (C=O) groups excluding carboxylic acids is 1. The van der Waals surface area contributed by atoms with E-state index in [4.69, 9.17) is 16.3 Å². The molecule has 1 heterocycles. The minimum absolute atomic E-state index is 0.0405. The molecule has 2 rings (SSSR count). The second-order valence-corrected chi connectivity index (χ2v) is 5.73. The number of hydrogen-bond donors (Lipinski definition) is 2. The van der Waals surface area contributed by atoms with Gasteiger partial charge in [-0.1, -0.05) is 29.8 Å². The number of nitrogens with one attached hydrogen (secondary N) is 2. The molecule has 0 aromatic heterocycles. The van der Waals surface area contributed by atoms with Crippen LogP contribution in [-0.4, -0.2) is 56.7 Å². The molecule has 22 heavy (non-hydrogen) atoms. The second-order valence-electron chi connectivity index (χ2n) is 5.32. The van der Waals surface area contributed by atoms with Gasteiger partial charge >= 0.3 is 0 Å². The Morgan fingerprint density at radius 3 is 2.77 bits per heavy atom. The number of rotatable bonds is 8. The largest absolute Gasteiger partial charge is 0.379 e. The van der Waals surface area contributed by atoms with E-state index in [-0.39, 0.29) is 5.91 Å². The van der Waals surface area contributed by atoms with Crippen molar-refractivity contribution in [3.63, 3.8) is 0 Å². The third-order valence-electron chi connectivity index (χ3n) is 3.67. The lowest BCUT2D eigenvalue weighted by Crippen LogP contribution is -2.40. The van der Waals surface area contributed by atoms with Crippen molar-refractivity contribution in [2.45, 2.75) is 13.0 Å². The third kappa shape index (κ3) is 6.32. The van der Waals surface area contributed by atoms with Crippen LogP contribution in [0.25, 0.3) is 0 Å². The number of hydrogen-bond acceptors (Lipinski definition) is 4. The zero-order chi connectivity index (χ0) is 15.6. The van der Waals surface area contributed by atoms with Gasteiger partial charge in [0.05, 0.1) is 13.2 Å². The molecule has 0 bridgehead atoms. The van der Waals surface area contributed by atoms with E-state index < -0.39 is 0 Å². The van der Waals surface area contributed by atoms with E-state index in [2.05, 4.69) is 15.5 Å². The van der Waals surface area contributed by atoms with Crippen LogP contribution in [0.4, 0.5) is 0 Å². The molecule has 0 unspecified atom stereocenters. The summed E-state index contributed by atoms with van der Waals surface area (Å²) < 4.78 is 5.31. The van der Waals surface area contributed by atoms with Crippen LogP contribution in [0.3, 0.4) is 0 Å². The summed E-state index contributed by atoms with van der Waals surface area (Å²) in [7, 11) is 0. The zero-order valence-electron chi connectivity index (χ0n) is 12.8. The maximum atomic E-state index is 11.8. The van der Waals surface area contributed by atoms with Crippen molar-refractivity contribution < 1.29 is 9.53 Å². The van der Waals surface area contributed by atoms with Gasteiger partial charge in [-0.2, -0.15) is 0 Å². The van der Waals surface area contributed by atoms with Gasteiger partial charge in [-0.3, -0.25) is 9.69 Å².